The molecule has 0 aromatic carbocycles. The van der Waals surface area contributed by atoms with E-state index in [0.717, 1.165) is 43.8 Å². The number of hydrogen-bond acceptors (Lipinski definition) is 3. The lowest BCUT2D eigenvalue weighted by Crippen LogP contribution is -2.27. The molecule has 0 radical (unpaired) electrons. The number of nitrogens with one attached hydrogen (secondary N) is 2. The molecule has 2 N–H and O–H groups in total. The fourth-order valence-electron chi connectivity index (χ4n) is 1.95. The monoisotopic (exact) mass is 247 g/mol. The topological polar surface area (TPSA) is 53.9 Å². The number of aryl methyl sites for hydroxylation is 2. The van der Waals surface area contributed by atoms with E-state index < -0.39 is 0 Å². The quantitative estimate of drug-likeness (QED) is 0.705. The van der Waals surface area contributed by atoms with Gasteiger partial charge in [0.25, 0.3) is 0 Å². The van der Waals surface area contributed by atoms with E-state index in [2.05, 4.69) is 22.2 Å². The van der Waals surface area contributed by atoms with Crippen LogP contribution in [0.2, 0.25) is 0 Å². The smallest absolute Gasteiger partial charge is 0.106 e. The maximum absolute atomic E-state index is 5.32. The number of hydrogen-bond donors (Lipinski definition) is 2. The third-order valence-electron chi connectivity index (χ3n) is 3.04. The van der Waals surface area contributed by atoms with Crippen molar-refractivity contribution in [2.75, 3.05) is 6.54 Å². The summed E-state index contributed by atoms with van der Waals surface area (Å²) in [4.78, 5) is 7.32. The summed E-state index contributed by atoms with van der Waals surface area (Å²) in [5, 5.41) is 3.52. The molecule has 2 rings (SSSR count). The Balaban J connectivity index is 1.53. The van der Waals surface area contributed by atoms with E-state index in [1.807, 2.05) is 18.3 Å². The minimum absolute atomic E-state index is 0.520. The van der Waals surface area contributed by atoms with Crippen molar-refractivity contribution in [3.8, 4) is 0 Å². The second kappa shape index (κ2) is 7.01. The molecule has 0 aliphatic rings. The van der Waals surface area contributed by atoms with Gasteiger partial charge in [0.2, 0.25) is 0 Å². The van der Waals surface area contributed by atoms with Crippen LogP contribution in [0.15, 0.2) is 35.2 Å². The van der Waals surface area contributed by atoms with Crippen LogP contribution in [-0.2, 0) is 12.8 Å². The molecule has 2 heterocycles. The summed E-state index contributed by atoms with van der Waals surface area (Å²) in [7, 11) is 0. The van der Waals surface area contributed by atoms with Crippen molar-refractivity contribution in [2.45, 2.75) is 38.6 Å². The van der Waals surface area contributed by atoms with Gasteiger partial charge in [-0.05, 0) is 38.4 Å². The zero-order valence-electron chi connectivity index (χ0n) is 10.9. The molecule has 0 fully saturated rings. The van der Waals surface area contributed by atoms with Crippen LogP contribution in [0.4, 0.5) is 0 Å². The normalized spacial score (nSPS) is 12.7. The zero-order valence-corrected chi connectivity index (χ0v) is 10.9. The summed E-state index contributed by atoms with van der Waals surface area (Å²) in [5.41, 5.74) is 0. The van der Waals surface area contributed by atoms with Crippen LogP contribution < -0.4 is 5.32 Å². The first-order valence-corrected chi connectivity index (χ1v) is 6.58. The summed E-state index contributed by atoms with van der Waals surface area (Å²) in [6.07, 6.45) is 9.62. The van der Waals surface area contributed by atoms with E-state index in [1.165, 1.54) is 0 Å². The van der Waals surface area contributed by atoms with Gasteiger partial charge in [-0.2, -0.15) is 0 Å². The van der Waals surface area contributed by atoms with Gasteiger partial charge in [0.05, 0.1) is 6.26 Å². The van der Waals surface area contributed by atoms with Crippen molar-refractivity contribution < 1.29 is 4.42 Å². The Morgan fingerprint density at radius 2 is 2.39 bits per heavy atom. The Morgan fingerprint density at radius 3 is 3.11 bits per heavy atom. The van der Waals surface area contributed by atoms with Crippen LogP contribution in [0.5, 0.6) is 0 Å². The van der Waals surface area contributed by atoms with Gasteiger partial charge < -0.3 is 14.7 Å². The number of furan rings is 1. The van der Waals surface area contributed by atoms with E-state index in [1.54, 1.807) is 12.5 Å². The molecular weight excluding hydrogens is 226 g/mol. The molecule has 98 valence electrons. The number of H-pyrrole nitrogens is 1. The van der Waals surface area contributed by atoms with Gasteiger partial charge in [0, 0.05) is 31.3 Å². The van der Waals surface area contributed by atoms with Crippen LogP contribution in [0.1, 0.15) is 31.4 Å². The number of aromatic nitrogens is 2. The lowest BCUT2D eigenvalue weighted by atomic mass is 10.1. The molecule has 0 bridgehead atoms. The lowest BCUT2D eigenvalue weighted by Gasteiger charge is -2.12. The average molecular weight is 247 g/mol. The molecule has 0 aliphatic heterocycles. The summed E-state index contributed by atoms with van der Waals surface area (Å²) >= 11 is 0. The number of aromatic amines is 1. The molecule has 0 saturated carbocycles. The van der Waals surface area contributed by atoms with E-state index in [9.17, 15) is 0 Å². The van der Waals surface area contributed by atoms with Gasteiger partial charge in [0.1, 0.15) is 11.6 Å². The number of nitrogens with zero attached hydrogens (tertiary/aromatic N) is 1. The SMILES string of the molecule is CC(CCc1ccco1)NCCCc1ncc[nH]1. The van der Waals surface area contributed by atoms with E-state index in [-0.39, 0.29) is 0 Å². The van der Waals surface area contributed by atoms with Gasteiger partial charge >= 0.3 is 0 Å². The fourth-order valence-corrected chi connectivity index (χ4v) is 1.95. The van der Waals surface area contributed by atoms with E-state index in [0.29, 0.717) is 6.04 Å². The third kappa shape index (κ3) is 4.37. The Bertz CT molecular complexity index is 408. The minimum atomic E-state index is 0.520. The van der Waals surface area contributed by atoms with Gasteiger partial charge in [-0.15, -0.1) is 0 Å². The standard InChI is InChI=1S/C14H21N3O/c1-12(6-7-13-4-3-11-18-13)15-8-2-5-14-16-9-10-17-14/h3-4,9-12,15H,2,5-8H2,1H3,(H,16,17). The largest absolute Gasteiger partial charge is 0.469 e. The molecule has 2 aromatic rings. The molecule has 4 nitrogen and oxygen atoms in total. The first-order valence-electron chi connectivity index (χ1n) is 6.58. The first kappa shape index (κ1) is 12.9. The van der Waals surface area contributed by atoms with Crippen LogP contribution in [-0.4, -0.2) is 22.6 Å². The molecular formula is C14H21N3O. The van der Waals surface area contributed by atoms with Crippen molar-refractivity contribution >= 4 is 0 Å². The Morgan fingerprint density at radius 1 is 1.44 bits per heavy atom. The van der Waals surface area contributed by atoms with Crippen LogP contribution in [0.25, 0.3) is 0 Å². The molecule has 0 saturated heterocycles. The average Bonchev–Trinajstić information content (AvgIpc) is 3.04. The molecule has 4 heteroatoms. The Labute approximate surface area is 108 Å². The van der Waals surface area contributed by atoms with Crippen LogP contribution >= 0.6 is 0 Å². The molecule has 2 aromatic heterocycles. The Kier molecular flexibility index (Phi) is 5.02. The summed E-state index contributed by atoms with van der Waals surface area (Å²) in [6, 6.07) is 4.49. The predicted molar refractivity (Wildman–Crippen MR) is 71.4 cm³/mol. The highest BCUT2D eigenvalue weighted by atomic mass is 16.3. The van der Waals surface area contributed by atoms with E-state index in [4.69, 9.17) is 4.42 Å². The fraction of sp³-hybridized carbons (Fsp3) is 0.500. The van der Waals surface area contributed by atoms with Crippen LogP contribution in [0.3, 0.4) is 0 Å². The van der Waals surface area contributed by atoms with Crippen molar-refractivity contribution in [2.24, 2.45) is 0 Å². The minimum Gasteiger partial charge on any atom is -0.469 e. The van der Waals surface area contributed by atoms with Gasteiger partial charge in [-0.25, -0.2) is 4.98 Å². The van der Waals surface area contributed by atoms with Crippen molar-refractivity contribution in [1.29, 1.82) is 0 Å². The van der Waals surface area contributed by atoms with Crippen molar-refractivity contribution in [1.82, 2.24) is 15.3 Å². The van der Waals surface area contributed by atoms with Gasteiger partial charge in [0.15, 0.2) is 0 Å². The summed E-state index contributed by atoms with van der Waals surface area (Å²) in [6.45, 7) is 3.25. The molecule has 1 atom stereocenters. The predicted octanol–water partition coefficient (Wildman–Crippen LogP) is 2.55. The van der Waals surface area contributed by atoms with Crippen LogP contribution in [0, 0.1) is 0 Å². The highest BCUT2D eigenvalue weighted by molar-refractivity contribution is 4.98. The highest BCUT2D eigenvalue weighted by Gasteiger charge is 2.03. The molecule has 18 heavy (non-hydrogen) atoms. The maximum atomic E-state index is 5.32. The lowest BCUT2D eigenvalue weighted by molar-refractivity contribution is 0.457. The number of imidazole rings is 1. The molecule has 0 amide bonds. The summed E-state index contributed by atoms with van der Waals surface area (Å²) < 4.78 is 5.32. The molecule has 1 unspecified atom stereocenters. The highest BCUT2D eigenvalue weighted by Crippen LogP contribution is 2.05. The summed E-state index contributed by atoms with van der Waals surface area (Å²) in [5.74, 6) is 2.14. The third-order valence-corrected chi connectivity index (χ3v) is 3.04. The van der Waals surface area contributed by atoms with Crippen molar-refractivity contribution in [3.63, 3.8) is 0 Å². The van der Waals surface area contributed by atoms with Gasteiger partial charge in [-0.1, -0.05) is 0 Å². The molecule has 0 aliphatic carbocycles. The second-order valence-electron chi connectivity index (χ2n) is 4.61. The van der Waals surface area contributed by atoms with Gasteiger partial charge in [-0.3, -0.25) is 0 Å². The zero-order chi connectivity index (χ0) is 12.6. The maximum Gasteiger partial charge on any atom is 0.106 e. The van der Waals surface area contributed by atoms with Crippen molar-refractivity contribution in [3.05, 3.63) is 42.4 Å². The molecule has 0 spiro atoms. The first-order chi connectivity index (χ1) is 8.84. The van der Waals surface area contributed by atoms with E-state index >= 15 is 0 Å². The Hall–Kier alpha value is -1.55. The number of rotatable bonds is 8. The second-order valence-corrected chi connectivity index (χ2v) is 4.61.